The smallest absolute Gasteiger partial charge is 0.166 e. The zero-order valence-electron chi connectivity index (χ0n) is 9.13. The summed E-state index contributed by atoms with van der Waals surface area (Å²) in [7, 11) is 1.63. The van der Waals surface area contributed by atoms with Gasteiger partial charge in [-0.1, -0.05) is 12.1 Å². The number of methoxy groups -OCH3 is 1. The molecule has 0 aliphatic heterocycles. The molecule has 0 aromatic heterocycles. The minimum atomic E-state index is -0.238. The van der Waals surface area contributed by atoms with Crippen molar-refractivity contribution in [1.82, 2.24) is 10.6 Å². The average Bonchev–Trinajstić information content (AvgIpc) is 2.27. The molecule has 1 aromatic carbocycles. The Morgan fingerprint density at radius 3 is 2.94 bits per heavy atom. The normalized spacial score (nSPS) is 9.88. The van der Waals surface area contributed by atoms with Gasteiger partial charge in [0, 0.05) is 20.2 Å². The molecule has 16 heavy (non-hydrogen) atoms. The van der Waals surface area contributed by atoms with Crippen LogP contribution in [0.5, 0.6) is 0 Å². The number of halogens is 1. The lowest BCUT2D eigenvalue weighted by Gasteiger charge is -2.09. The number of nitrogens with one attached hydrogen (secondary N) is 2. The van der Waals surface area contributed by atoms with E-state index in [2.05, 4.69) is 10.6 Å². The summed E-state index contributed by atoms with van der Waals surface area (Å²) in [5.41, 5.74) is 0.857. The molecule has 0 spiro atoms. The predicted octanol–water partition coefficient (Wildman–Crippen LogP) is 1.44. The monoisotopic (exact) mass is 242 g/mol. The van der Waals surface area contributed by atoms with Gasteiger partial charge in [-0.2, -0.15) is 0 Å². The van der Waals surface area contributed by atoms with E-state index in [0.717, 1.165) is 5.56 Å². The average molecular weight is 242 g/mol. The van der Waals surface area contributed by atoms with E-state index in [9.17, 15) is 4.39 Å². The molecule has 0 unspecified atom stereocenters. The van der Waals surface area contributed by atoms with Crippen LogP contribution in [0.25, 0.3) is 0 Å². The number of hydrogen-bond donors (Lipinski definition) is 2. The maximum absolute atomic E-state index is 12.8. The quantitative estimate of drug-likeness (QED) is 0.604. The molecular formula is C11H15FN2OS. The Bertz CT molecular complexity index is 347. The van der Waals surface area contributed by atoms with Gasteiger partial charge in [0.15, 0.2) is 5.11 Å². The molecule has 0 radical (unpaired) electrons. The molecule has 0 fully saturated rings. The number of benzene rings is 1. The Morgan fingerprint density at radius 1 is 1.44 bits per heavy atom. The molecule has 0 bridgehead atoms. The first-order chi connectivity index (χ1) is 7.72. The van der Waals surface area contributed by atoms with Crippen LogP contribution in [0.15, 0.2) is 24.3 Å². The molecule has 88 valence electrons. The van der Waals surface area contributed by atoms with Crippen LogP contribution in [-0.2, 0) is 11.3 Å². The maximum Gasteiger partial charge on any atom is 0.166 e. The molecule has 0 aliphatic rings. The third-order valence-electron chi connectivity index (χ3n) is 1.93. The van der Waals surface area contributed by atoms with Crippen molar-refractivity contribution in [3.05, 3.63) is 35.6 Å². The Kier molecular flexibility index (Phi) is 5.74. The molecule has 0 atom stereocenters. The zero-order valence-corrected chi connectivity index (χ0v) is 9.94. The van der Waals surface area contributed by atoms with Gasteiger partial charge in [0.05, 0.1) is 6.61 Å². The summed E-state index contributed by atoms with van der Waals surface area (Å²) in [6.07, 6.45) is 0. The highest BCUT2D eigenvalue weighted by molar-refractivity contribution is 7.80. The van der Waals surface area contributed by atoms with Gasteiger partial charge >= 0.3 is 0 Å². The standard InChI is InChI=1S/C11H15FN2OS/c1-15-6-5-13-11(16)14-8-9-3-2-4-10(12)7-9/h2-4,7H,5-6,8H2,1H3,(H2,13,14,16). The molecule has 2 N–H and O–H groups in total. The third kappa shape index (κ3) is 5.04. The van der Waals surface area contributed by atoms with Crippen LogP contribution in [0.1, 0.15) is 5.56 Å². The molecule has 0 amide bonds. The molecular weight excluding hydrogens is 227 g/mol. The van der Waals surface area contributed by atoms with Crippen molar-refractivity contribution in [3.63, 3.8) is 0 Å². The van der Waals surface area contributed by atoms with Crippen LogP contribution in [0, 0.1) is 5.82 Å². The Labute approximate surface area is 100.0 Å². The van der Waals surface area contributed by atoms with Crippen LogP contribution in [0.4, 0.5) is 4.39 Å². The Balaban J connectivity index is 2.26. The molecule has 0 heterocycles. The second-order valence-electron chi connectivity index (χ2n) is 3.23. The van der Waals surface area contributed by atoms with E-state index < -0.39 is 0 Å². The largest absolute Gasteiger partial charge is 0.383 e. The minimum absolute atomic E-state index is 0.238. The summed E-state index contributed by atoms with van der Waals surface area (Å²) in [6.45, 7) is 1.77. The number of thiocarbonyl (C=S) groups is 1. The Morgan fingerprint density at radius 2 is 2.25 bits per heavy atom. The lowest BCUT2D eigenvalue weighted by atomic mass is 10.2. The van der Waals surface area contributed by atoms with Gasteiger partial charge in [-0.15, -0.1) is 0 Å². The van der Waals surface area contributed by atoms with E-state index in [1.54, 1.807) is 13.2 Å². The predicted molar refractivity (Wildman–Crippen MR) is 65.7 cm³/mol. The van der Waals surface area contributed by atoms with Crippen LogP contribution >= 0.6 is 12.2 Å². The topological polar surface area (TPSA) is 33.3 Å². The van der Waals surface area contributed by atoms with Crippen LogP contribution in [-0.4, -0.2) is 25.4 Å². The van der Waals surface area contributed by atoms with E-state index >= 15 is 0 Å². The third-order valence-corrected chi connectivity index (χ3v) is 2.22. The fourth-order valence-electron chi connectivity index (χ4n) is 1.16. The maximum atomic E-state index is 12.8. The van der Waals surface area contributed by atoms with Crippen molar-refractivity contribution < 1.29 is 9.13 Å². The van der Waals surface area contributed by atoms with Crippen molar-refractivity contribution in [1.29, 1.82) is 0 Å². The summed E-state index contributed by atoms with van der Waals surface area (Å²) in [5, 5.41) is 6.50. The summed E-state index contributed by atoms with van der Waals surface area (Å²) in [6, 6.07) is 6.41. The van der Waals surface area contributed by atoms with Crippen LogP contribution in [0.3, 0.4) is 0 Å². The van der Waals surface area contributed by atoms with E-state index in [1.807, 2.05) is 6.07 Å². The van der Waals surface area contributed by atoms with Gasteiger partial charge in [-0.25, -0.2) is 4.39 Å². The number of ether oxygens (including phenoxy) is 1. The highest BCUT2D eigenvalue weighted by Gasteiger charge is 1.97. The first kappa shape index (κ1) is 12.9. The summed E-state index contributed by atoms with van der Waals surface area (Å²) in [5.74, 6) is -0.238. The van der Waals surface area contributed by atoms with Gasteiger partial charge < -0.3 is 15.4 Å². The molecule has 0 saturated carbocycles. The van der Waals surface area contributed by atoms with Crippen molar-refractivity contribution in [2.24, 2.45) is 0 Å². The molecule has 1 rings (SSSR count). The highest BCUT2D eigenvalue weighted by atomic mass is 32.1. The lowest BCUT2D eigenvalue weighted by molar-refractivity contribution is 0.204. The minimum Gasteiger partial charge on any atom is -0.383 e. The van der Waals surface area contributed by atoms with Crippen LogP contribution in [0.2, 0.25) is 0 Å². The second kappa shape index (κ2) is 7.14. The van der Waals surface area contributed by atoms with Crippen molar-refractivity contribution in [2.45, 2.75) is 6.54 Å². The molecule has 5 heteroatoms. The lowest BCUT2D eigenvalue weighted by Crippen LogP contribution is -2.36. The van der Waals surface area contributed by atoms with Gasteiger partial charge in [0.25, 0.3) is 0 Å². The van der Waals surface area contributed by atoms with E-state index in [1.165, 1.54) is 12.1 Å². The van der Waals surface area contributed by atoms with Gasteiger partial charge in [-0.3, -0.25) is 0 Å². The van der Waals surface area contributed by atoms with Gasteiger partial charge in [0.2, 0.25) is 0 Å². The summed E-state index contributed by atoms with van der Waals surface area (Å²) in [4.78, 5) is 0. The van der Waals surface area contributed by atoms with Crippen LogP contribution < -0.4 is 10.6 Å². The van der Waals surface area contributed by atoms with E-state index in [-0.39, 0.29) is 5.82 Å². The van der Waals surface area contributed by atoms with Crippen molar-refractivity contribution in [2.75, 3.05) is 20.3 Å². The fraction of sp³-hybridized carbons (Fsp3) is 0.364. The summed E-state index contributed by atoms with van der Waals surface area (Å²) >= 11 is 5.03. The SMILES string of the molecule is COCCNC(=S)NCc1cccc(F)c1. The van der Waals surface area contributed by atoms with Gasteiger partial charge in [0.1, 0.15) is 5.82 Å². The number of rotatable bonds is 5. The second-order valence-corrected chi connectivity index (χ2v) is 3.64. The first-order valence-corrected chi connectivity index (χ1v) is 5.38. The van der Waals surface area contributed by atoms with E-state index in [4.69, 9.17) is 17.0 Å². The fourth-order valence-corrected chi connectivity index (χ4v) is 1.33. The molecule has 0 aliphatic carbocycles. The molecule has 0 saturated heterocycles. The molecule has 3 nitrogen and oxygen atoms in total. The highest BCUT2D eigenvalue weighted by Crippen LogP contribution is 2.02. The number of hydrogen-bond acceptors (Lipinski definition) is 2. The van der Waals surface area contributed by atoms with E-state index in [0.29, 0.717) is 24.8 Å². The zero-order chi connectivity index (χ0) is 11.8. The Hall–Kier alpha value is -1.20. The molecule has 1 aromatic rings. The van der Waals surface area contributed by atoms with Gasteiger partial charge in [-0.05, 0) is 29.9 Å². The summed E-state index contributed by atoms with van der Waals surface area (Å²) < 4.78 is 17.7. The first-order valence-electron chi connectivity index (χ1n) is 4.97. The van der Waals surface area contributed by atoms with Crippen molar-refractivity contribution in [3.8, 4) is 0 Å². The van der Waals surface area contributed by atoms with Crippen molar-refractivity contribution >= 4 is 17.3 Å².